The highest BCUT2D eigenvalue weighted by Crippen LogP contribution is 2.20. The van der Waals surface area contributed by atoms with Gasteiger partial charge in [0.2, 0.25) is 0 Å². The molecule has 0 amide bonds. The quantitative estimate of drug-likeness (QED) is 0.700. The van der Waals surface area contributed by atoms with Crippen LogP contribution in [0.15, 0.2) is 12.2 Å². The molecular weight excluding hydrogens is 186 g/mol. The second-order valence-electron chi connectivity index (χ2n) is 5.79. The number of allylic oxidation sites excluding steroid dienone is 1. The van der Waals surface area contributed by atoms with Gasteiger partial charge in [-0.3, -0.25) is 0 Å². The fraction of sp³-hybridized carbons (Fsp3) is 0.846. The molecule has 0 heterocycles. The predicted molar refractivity (Wildman–Crippen MR) is 64.9 cm³/mol. The molecule has 2 atom stereocenters. The first-order valence-electron chi connectivity index (χ1n) is 6.05. The summed E-state index contributed by atoms with van der Waals surface area (Å²) >= 11 is 0. The molecule has 0 aliphatic heterocycles. The van der Waals surface area contributed by atoms with E-state index in [2.05, 4.69) is 38.2 Å². The van der Waals surface area contributed by atoms with E-state index < -0.39 is 0 Å². The lowest BCUT2D eigenvalue weighted by Crippen LogP contribution is -2.36. The summed E-state index contributed by atoms with van der Waals surface area (Å²) in [4.78, 5) is 0. The van der Waals surface area contributed by atoms with E-state index in [9.17, 15) is 5.11 Å². The molecule has 1 aliphatic rings. The summed E-state index contributed by atoms with van der Waals surface area (Å²) in [7, 11) is 0. The number of hydrogen-bond donors (Lipinski definition) is 2. The van der Waals surface area contributed by atoms with Crippen LogP contribution in [0.4, 0.5) is 0 Å². The van der Waals surface area contributed by atoms with Gasteiger partial charge in [0, 0.05) is 12.6 Å². The van der Waals surface area contributed by atoms with Gasteiger partial charge in [0.25, 0.3) is 0 Å². The Bertz CT molecular complexity index is 205. The van der Waals surface area contributed by atoms with Crippen molar-refractivity contribution in [1.82, 2.24) is 5.32 Å². The molecule has 2 unspecified atom stereocenters. The highest BCUT2D eigenvalue weighted by atomic mass is 16.3. The number of hydrogen-bond acceptors (Lipinski definition) is 2. The molecule has 0 saturated carbocycles. The van der Waals surface area contributed by atoms with Crippen molar-refractivity contribution >= 4 is 0 Å². The number of rotatable bonds is 4. The standard InChI is InChI=1S/C13H25NO/c1-13(2,3)9-12(15)10-14-11-7-5-4-6-8-11/h5,7,11-12,14-15H,4,6,8-10H2,1-3H3. The Morgan fingerprint density at radius 1 is 1.47 bits per heavy atom. The maximum Gasteiger partial charge on any atom is 0.0669 e. The van der Waals surface area contributed by atoms with E-state index in [1.807, 2.05) is 0 Å². The molecule has 0 saturated heterocycles. The molecule has 0 aromatic carbocycles. The maximum absolute atomic E-state index is 9.83. The second kappa shape index (κ2) is 5.66. The molecular formula is C13H25NO. The van der Waals surface area contributed by atoms with Crippen molar-refractivity contribution in [2.24, 2.45) is 5.41 Å². The molecule has 1 aliphatic carbocycles. The van der Waals surface area contributed by atoms with E-state index in [4.69, 9.17) is 0 Å². The summed E-state index contributed by atoms with van der Waals surface area (Å²) in [6.45, 7) is 7.20. The first-order valence-corrected chi connectivity index (χ1v) is 6.05. The van der Waals surface area contributed by atoms with Crippen molar-refractivity contribution in [3.05, 3.63) is 12.2 Å². The first kappa shape index (κ1) is 12.7. The largest absolute Gasteiger partial charge is 0.392 e. The Labute approximate surface area is 93.8 Å². The molecule has 2 N–H and O–H groups in total. The topological polar surface area (TPSA) is 32.3 Å². The van der Waals surface area contributed by atoms with E-state index in [0.717, 1.165) is 6.42 Å². The van der Waals surface area contributed by atoms with Gasteiger partial charge in [-0.2, -0.15) is 0 Å². The SMILES string of the molecule is CC(C)(C)CC(O)CNC1C=CCCC1. The van der Waals surface area contributed by atoms with Gasteiger partial charge in [-0.25, -0.2) is 0 Å². The molecule has 15 heavy (non-hydrogen) atoms. The van der Waals surface area contributed by atoms with E-state index in [1.54, 1.807) is 0 Å². The maximum atomic E-state index is 9.83. The van der Waals surface area contributed by atoms with Crippen LogP contribution in [0.25, 0.3) is 0 Å². The molecule has 0 radical (unpaired) electrons. The van der Waals surface area contributed by atoms with Gasteiger partial charge in [-0.15, -0.1) is 0 Å². The molecule has 0 bridgehead atoms. The monoisotopic (exact) mass is 211 g/mol. The lowest BCUT2D eigenvalue weighted by atomic mass is 9.89. The summed E-state index contributed by atoms with van der Waals surface area (Å²) in [5, 5.41) is 13.2. The Morgan fingerprint density at radius 3 is 2.73 bits per heavy atom. The van der Waals surface area contributed by atoms with E-state index in [-0.39, 0.29) is 11.5 Å². The third-order valence-corrected chi connectivity index (χ3v) is 2.72. The number of aliphatic hydroxyl groups excluding tert-OH is 1. The van der Waals surface area contributed by atoms with Crippen molar-refractivity contribution in [3.8, 4) is 0 Å². The third kappa shape index (κ3) is 5.95. The Kier molecular flexibility index (Phi) is 4.81. The molecule has 0 aromatic heterocycles. The molecule has 2 nitrogen and oxygen atoms in total. The lowest BCUT2D eigenvalue weighted by Gasteiger charge is -2.25. The summed E-state index contributed by atoms with van der Waals surface area (Å²) < 4.78 is 0. The first-order chi connectivity index (χ1) is 6.97. The van der Waals surface area contributed by atoms with Gasteiger partial charge in [-0.1, -0.05) is 32.9 Å². The summed E-state index contributed by atoms with van der Waals surface area (Å²) in [6, 6.07) is 0.480. The summed E-state index contributed by atoms with van der Waals surface area (Å²) in [6.07, 6.45) is 8.78. The van der Waals surface area contributed by atoms with Gasteiger partial charge in [0.15, 0.2) is 0 Å². The zero-order valence-electron chi connectivity index (χ0n) is 10.3. The Balaban J connectivity index is 2.18. The van der Waals surface area contributed by atoms with Crippen LogP contribution in [-0.2, 0) is 0 Å². The van der Waals surface area contributed by atoms with Gasteiger partial charge < -0.3 is 10.4 Å². The molecule has 1 rings (SSSR count). The Hall–Kier alpha value is -0.340. The fourth-order valence-electron chi connectivity index (χ4n) is 2.05. The number of aliphatic hydroxyl groups is 1. The molecule has 0 spiro atoms. The normalized spacial score (nSPS) is 24.1. The molecule has 2 heteroatoms. The van der Waals surface area contributed by atoms with E-state index >= 15 is 0 Å². The summed E-state index contributed by atoms with van der Waals surface area (Å²) in [5.74, 6) is 0. The van der Waals surface area contributed by atoms with Crippen molar-refractivity contribution < 1.29 is 5.11 Å². The summed E-state index contributed by atoms with van der Waals surface area (Å²) in [5.41, 5.74) is 0.212. The predicted octanol–water partition coefficient (Wildman–Crippen LogP) is 2.48. The van der Waals surface area contributed by atoms with Crippen LogP contribution in [0.3, 0.4) is 0 Å². The average molecular weight is 211 g/mol. The molecule has 0 aromatic rings. The third-order valence-electron chi connectivity index (χ3n) is 2.72. The van der Waals surface area contributed by atoms with E-state index in [0.29, 0.717) is 12.6 Å². The zero-order valence-corrected chi connectivity index (χ0v) is 10.3. The highest BCUT2D eigenvalue weighted by molar-refractivity contribution is 4.97. The minimum atomic E-state index is -0.222. The van der Waals surface area contributed by atoms with Crippen LogP contribution in [0, 0.1) is 5.41 Å². The highest BCUT2D eigenvalue weighted by Gasteiger charge is 2.17. The van der Waals surface area contributed by atoms with Crippen molar-refractivity contribution in [3.63, 3.8) is 0 Å². The van der Waals surface area contributed by atoms with Gasteiger partial charge in [0.05, 0.1) is 6.10 Å². The Morgan fingerprint density at radius 2 is 2.20 bits per heavy atom. The van der Waals surface area contributed by atoms with Crippen LogP contribution in [0.5, 0.6) is 0 Å². The van der Waals surface area contributed by atoms with Gasteiger partial charge >= 0.3 is 0 Å². The van der Waals surface area contributed by atoms with Crippen LogP contribution in [0.2, 0.25) is 0 Å². The second-order valence-corrected chi connectivity index (χ2v) is 5.79. The number of nitrogens with one attached hydrogen (secondary N) is 1. The zero-order chi connectivity index (χ0) is 11.3. The van der Waals surface area contributed by atoms with Crippen LogP contribution < -0.4 is 5.32 Å². The smallest absolute Gasteiger partial charge is 0.0669 e. The van der Waals surface area contributed by atoms with Gasteiger partial charge in [0.1, 0.15) is 0 Å². The van der Waals surface area contributed by atoms with Crippen LogP contribution in [-0.4, -0.2) is 23.8 Å². The van der Waals surface area contributed by atoms with Crippen LogP contribution in [0.1, 0.15) is 46.5 Å². The average Bonchev–Trinajstić information content (AvgIpc) is 2.14. The van der Waals surface area contributed by atoms with Crippen molar-refractivity contribution in [2.45, 2.75) is 58.6 Å². The van der Waals surface area contributed by atoms with Crippen LogP contribution >= 0.6 is 0 Å². The van der Waals surface area contributed by atoms with Crippen molar-refractivity contribution in [2.75, 3.05) is 6.54 Å². The lowest BCUT2D eigenvalue weighted by molar-refractivity contribution is 0.117. The van der Waals surface area contributed by atoms with E-state index in [1.165, 1.54) is 19.3 Å². The minimum Gasteiger partial charge on any atom is -0.392 e. The minimum absolute atomic E-state index is 0.212. The van der Waals surface area contributed by atoms with Gasteiger partial charge in [-0.05, 0) is 31.1 Å². The molecule has 88 valence electrons. The molecule has 0 fully saturated rings. The van der Waals surface area contributed by atoms with Crippen molar-refractivity contribution in [1.29, 1.82) is 0 Å². The fourth-order valence-corrected chi connectivity index (χ4v) is 2.05.